The molecule has 1 atom stereocenters. The first-order chi connectivity index (χ1) is 13.1. The van der Waals surface area contributed by atoms with Gasteiger partial charge in [-0.2, -0.15) is 0 Å². The zero-order valence-electron chi connectivity index (χ0n) is 15.2. The molecular weight excluding hydrogens is 352 g/mol. The Hall–Kier alpha value is -2.35. The normalized spacial score (nSPS) is 21.0. The number of carbonyl (C=O) groups is 1. The zero-order valence-corrected chi connectivity index (χ0v) is 15.2. The van der Waals surface area contributed by atoms with Crippen molar-refractivity contribution >= 4 is 5.91 Å². The second-order valence-electron chi connectivity index (χ2n) is 7.31. The standard InChI is InChI=1S/C19H23F2N5O/c20-16-6-3-7-17(21)15(16)12-24-8-4-5-14(11-24)26-13-18(22-23-26)19(27)25-9-1-2-10-25/h3,6-7,13-14H,1-2,4-5,8-12H2. The molecule has 4 rings (SSSR count). The van der Waals surface area contributed by atoms with E-state index in [1.165, 1.54) is 18.2 Å². The quantitative estimate of drug-likeness (QED) is 0.824. The first-order valence-electron chi connectivity index (χ1n) is 9.48. The number of hydrogen-bond acceptors (Lipinski definition) is 4. The van der Waals surface area contributed by atoms with Crippen LogP contribution in [0.15, 0.2) is 24.4 Å². The van der Waals surface area contributed by atoms with Gasteiger partial charge in [0.15, 0.2) is 5.69 Å². The van der Waals surface area contributed by atoms with Crippen LogP contribution in [0, 0.1) is 11.6 Å². The summed E-state index contributed by atoms with van der Waals surface area (Å²) in [6.07, 6.45) is 5.57. The molecule has 2 aromatic rings. The number of benzene rings is 1. The maximum atomic E-state index is 13.9. The van der Waals surface area contributed by atoms with Crippen LogP contribution in [0.5, 0.6) is 0 Å². The maximum absolute atomic E-state index is 13.9. The van der Waals surface area contributed by atoms with Gasteiger partial charge >= 0.3 is 0 Å². The van der Waals surface area contributed by atoms with Crippen molar-refractivity contribution < 1.29 is 13.6 Å². The highest BCUT2D eigenvalue weighted by molar-refractivity contribution is 5.92. The summed E-state index contributed by atoms with van der Waals surface area (Å²) in [4.78, 5) is 16.3. The van der Waals surface area contributed by atoms with Gasteiger partial charge in [0.1, 0.15) is 11.6 Å². The predicted octanol–water partition coefficient (Wildman–Crippen LogP) is 2.63. The third-order valence-corrected chi connectivity index (χ3v) is 5.42. The molecule has 0 bridgehead atoms. The Morgan fingerprint density at radius 2 is 1.85 bits per heavy atom. The van der Waals surface area contributed by atoms with Crippen molar-refractivity contribution in [3.8, 4) is 0 Å². The molecule has 27 heavy (non-hydrogen) atoms. The molecule has 3 heterocycles. The highest BCUT2D eigenvalue weighted by Crippen LogP contribution is 2.24. The molecular formula is C19H23F2N5O. The smallest absolute Gasteiger partial charge is 0.276 e. The van der Waals surface area contributed by atoms with Crippen LogP contribution in [0.25, 0.3) is 0 Å². The van der Waals surface area contributed by atoms with Crippen molar-refractivity contribution in [3.63, 3.8) is 0 Å². The molecule has 0 saturated carbocycles. The number of aromatic nitrogens is 3. The minimum Gasteiger partial charge on any atom is -0.337 e. The van der Waals surface area contributed by atoms with Crippen LogP contribution in [0.1, 0.15) is 47.8 Å². The summed E-state index contributed by atoms with van der Waals surface area (Å²) in [6, 6.07) is 3.99. The van der Waals surface area contributed by atoms with Crippen molar-refractivity contribution in [2.24, 2.45) is 0 Å². The van der Waals surface area contributed by atoms with Gasteiger partial charge in [0.25, 0.3) is 5.91 Å². The minimum atomic E-state index is -0.517. The molecule has 1 amide bonds. The molecule has 0 spiro atoms. The van der Waals surface area contributed by atoms with Crippen LogP contribution in [0.3, 0.4) is 0 Å². The van der Waals surface area contributed by atoms with E-state index in [2.05, 4.69) is 10.3 Å². The number of nitrogens with zero attached hydrogens (tertiary/aromatic N) is 5. The molecule has 0 radical (unpaired) electrons. The molecule has 0 N–H and O–H groups in total. The van der Waals surface area contributed by atoms with Gasteiger partial charge in [-0.25, -0.2) is 13.5 Å². The van der Waals surface area contributed by atoms with E-state index in [1.807, 2.05) is 9.80 Å². The van der Waals surface area contributed by atoms with E-state index in [-0.39, 0.29) is 24.1 Å². The molecule has 1 aromatic carbocycles. The SMILES string of the molecule is O=C(c1cn(C2CCCN(Cc3c(F)cccc3F)C2)nn1)N1CCCC1. The van der Waals surface area contributed by atoms with Crippen molar-refractivity contribution in [2.45, 2.75) is 38.3 Å². The van der Waals surface area contributed by atoms with E-state index in [0.717, 1.165) is 45.3 Å². The summed E-state index contributed by atoms with van der Waals surface area (Å²) in [5.41, 5.74) is 0.468. The van der Waals surface area contributed by atoms with Crippen LogP contribution >= 0.6 is 0 Å². The Morgan fingerprint density at radius 3 is 2.59 bits per heavy atom. The zero-order chi connectivity index (χ0) is 18.8. The van der Waals surface area contributed by atoms with Crippen molar-refractivity contribution in [3.05, 3.63) is 47.3 Å². The molecule has 2 aliphatic rings. The topological polar surface area (TPSA) is 54.3 Å². The highest BCUT2D eigenvalue weighted by Gasteiger charge is 2.26. The summed E-state index contributed by atoms with van der Waals surface area (Å²) in [5, 5.41) is 8.21. The van der Waals surface area contributed by atoms with Crippen molar-refractivity contribution in [1.29, 1.82) is 0 Å². The highest BCUT2D eigenvalue weighted by atomic mass is 19.1. The third-order valence-electron chi connectivity index (χ3n) is 5.42. The summed E-state index contributed by atoms with van der Waals surface area (Å²) < 4.78 is 29.6. The average Bonchev–Trinajstić information content (AvgIpc) is 3.36. The Kier molecular flexibility index (Phi) is 5.15. The number of piperidine rings is 1. The van der Waals surface area contributed by atoms with Gasteiger partial charge in [-0.3, -0.25) is 9.69 Å². The maximum Gasteiger partial charge on any atom is 0.276 e. The van der Waals surface area contributed by atoms with Gasteiger partial charge in [0.2, 0.25) is 0 Å². The fourth-order valence-electron chi connectivity index (χ4n) is 3.93. The van der Waals surface area contributed by atoms with Gasteiger partial charge in [-0.05, 0) is 44.4 Å². The van der Waals surface area contributed by atoms with Crippen LogP contribution in [-0.2, 0) is 6.54 Å². The lowest BCUT2D eigenvalue weighted by Gasteiger charge is -2.32. The van der Waals surface area contributed by atoms with Gasteiger partial charge in [0, 0.05) is 31.7 Å². The van der Waals surface area contributed by atoms with Crippen LogP contribution in [0.4, 0.5) is 8.78 Å². The second-order valence-corrected chi connectivity index (χ2v) is 7.31. The van der Waals surface area contributed by atoms with E-state index in [4.69, 9.17) is 0 Å². The summed E-state index contributed by atoms with van der Waals surface area (Å²) in [7, 11) is 0. The Labute approximate surface area is 156 Å². The first kappa shape index (κ1) is 18.0. The van der Waals surface area contributed by atoms with Crippen LogP contribution in [0.2, 0.25) is 0 Å². The lowest BCUT2D eigenvalue weighted by molar-refractivity contribution is 0.0787. The van der Waals surface area contributed by atoms with Gasteiger partial charge in [-0.1, -0.05) is 11.3 Å². The largest absolute Gasteiger partial charge is 0.337 e. The summed E-state index contributed by atoms with van der Waals surface area (Å²) in [6.45, 7) is 3.17. The average molecular weight is 375 g/mol. The molecule has 1 unspecified atom stereocenters. The predicted molar refractivity (Wildman–Crippen MR) is 95.1 cm³/mol. The Balaban J connectivity index is 1.43. The molecule has 2 aliphatic heterocycles. The molecule has 8 heteroatoms. The Morgan fingerprint density at radius 1 is 1.11 bits per heavy atom. The van der Waals surface area contributed by atoms with E-state index >= 15 is 0 Å². The molecule has 2 fully saturated rings. The Bertz CT molecular complexity index is 798. The lowest BCUT2D eigenvalue weighted by Crippen LogP contribution is -2.36. The number of rotatable bonds is 4. The van der Waals surface area contributed by atoms with Crippen LogP contribution < -0.4 is 0 Å². The number of halogens is 2. The third kappa shape index (κ3) is 3.85. The fourth-order valence-corrected chi connectivity index (χ4v) is 3.93. The van der Waals surface area contributed by atoms with E-state index in [1.54, 1.807) is 10.9 Å². The van der Waals surface area contributed by atoms with E-state index < -0.39 is 11.6 Å². The van der Waals surface area contributed by atoms with Gasteiger partial charge < -0.3 is 4.90 Å². The number of likely N-dealkylation sites (tertiary alicyclic amines) is 2. The summed E-state index contributed by atoms with van der Waals surface area (Å²) in [5.74, 6) is -1.10. The van der Waals surface area contributed by atoms with Gasteiger partial charge in [-0.15, -0.1) is 5.10 Å². The summed E-state index contributed by atoms with van der Waals surface area (Å²) >= 11 is 0. The second kappa shape index (κ2) is 7.72. The fraction of sp³-hybridized carbons (Fsp3) is 0.526. The molecule has 144 valence electrons. The molecule has 0 aliphatic carbocycles. The van der Waals surface area contributed by atoms with Crippen molar-refractivity contribution in [1.82, 2.24) is 24.8 Å². The monoisotopic (exact) mass is 375 g/mol. The van der Waals surface area contributed by atoms with Crippen LogP contribution in [-0.4, -0.2) is 56.9 Å². The lowest BCUT2D eigenvalue weighted by atomic mass is 10.0. The first-order valence-corrected chi connectivity index (χ1v) is 9.48. The number of carbonyl (C=O) groups excluding carboxylic acids is 1. The van der Waals surface area contributed by atoms with E-state index in [0.29, 0.717) is 12.2 Å². The number of hydrogen-bond donors (Lipinski definition) is 0. The molecule has 6 nitrogen and oxygen atoms in total. The van der Waals surface area contributed by atoms with Gasteiger partial charge in [0.05, 0.1) is 12.2 Å². The van der Waals surface area contributed by atoms with Crippen molar-refractivity contribution in [2.75, 3.05) is 26.2 Å². The van der Waals surface area contributed by atoms with E-state index in [9.17, 15) is 13.6 Å². The number of amides is 1. The molecule has 1 aromatic heterocycles. The molecule has 2 saturated heterocycles. The minimum absolute atomic E-state index is 0.0428.